The molecular formula is C14H23NO2S. The zero-order valence-electron chi connectivity index (χ0n) is 11.0. The van der Waals surface area contributed by atoms with Crippen molar-refractivity contribution in [3.05, 3.63) is 16.8 Å². The van der Waals surface area contributed by atoms with E-state index in [2.05, 4.69) is 12.2 Å². The molecule has 1 aromatic rings. The van der Waals surface area contributed by atoms with Crippen LogP contribution in [0.2, 0.25) is 0 Å². The van der Waals surface area contributed by atoms with Crippen molar-refractivity contribution in [1.82, 2.24) is 0 Å². The van der Waals surface area contributed by atoms with Gasteiger partial charge in [-0.15, -0.1) is 0 Å². The van der Waals surface area contributed by atoms with Gasteiger partial charge in [0.05, 0.1) is 18.8 Å². The molecule has 1 saturated carbocycles. The van der Waals surface area contributed by atoms with Gasteiger partial charge >= 0.3 is 0 Å². The fourth-order valence-corrected chi connectivity index (χ4v) is 2.92. The minimum Gasteiger partial charge on any atom is -0.389 e. The largest absolute Gasteiger partial charge is 0.389 e. The van der Waals surface area contributed by atoms with Gasteiger partial charge in [-0.2, -0.15) is 11.3 Å². The molecule has 0 radical (unpaired) electrons. The summed E-state index contributed by atoms with van der Waals surface area (Å²) in [6, 6.07) is 2.01. The first kappa shape index (κ1) is 13.8. The lowest BCUT2D eigenvalue weighted by molar-refractivity contribution is -0.0245. The summed E-state index contributed by atoms with van der Waals surface area (Å²) >= 11 is 1.65. The summed E-state index contributed by atoms with van der Waals surface area (Å²) in [7, 11) is 0. The second kappa shape index (κ2) is 7.12. The zero-order valence-corrected chi connectivity index (χ0v) is 11.8. The van der Waals surface area contributed by atoms with Crippen LogP contribution in [0.25, 0.3) is 0 Å². The maximum atomic E-state index is 9.85. The molecule has 0 amide bonds. The van der Waals surface area contributed by atoms with E-state index >= 15 is 0 Å². The first-order valence-electron chi connectivity index (χ1n) is 6.80. The highest BCUT2D eigenvalue weighted by Crippen LogP contribution is 2.25. The molecule has 1 atom stereocenters. The third kappa shape index (κ3) is 4.59. The number of aliphatic hydroxyl groups excluding tert-OH is 1. The predicted molar refractivity (Wildman–Crippen MR) is 76.2 cm³/mol. The summed E-state index contributed by atoms with van der Waals surface area (Å²) in [6.07, 6.45) is 4.74. The minimum atomic E-state index is -0.427. The molecule has 2 N–H and O–H groups in total. The van der Waals surface area contributed by atoms with E-state index in [1.165, 1.54) is 12.8 Å². The number of nitrogens with one attached hydrogen (secondary N) is 1. The van der Waals surface area contributed by atoms with Crippen LogP contribution in [-0.4, -0.2) is 30.5 Å². The average molecular weight is 269 g/mol. The SMILES string of the molecule is CC1CCC(OCC(O)CNc2ccsc2)CC1. The van der Waals surface area contributed by atoms with E-state index in [1.54, 1.807) is 11.3 Å². The Bertz CT molecular complexity index is 321. The molecule has 1 fully saturated rings. The van der Waals surface area contributed by atoms with Gasteiger partial charge in [-0.25, -0.2) is 0 Å². The van der Waals surface area contributed by atoms with Gasteiger partial charge in [0.2, 0.25) is 0 Å². The molecule has 1 aliphatic carbocycles. The van der Waals surface area contributed by atoms with Crippen molar-refractivity contribution >= 4 is 17.0 Å². The first-order valence-corrected chi connectivity index (χ1v) is 7.74. The molecule has 1 aliphatic rings. The monoisotopic (exact) mass is 269 g/mol. The molecule has 1 unspecified atom stereocenters. The van der Waals surface area contributed by atoms with Gasteiger partial charge in [0.15, 0.2) is 0 Å². The van der Waals surface area contributed by atoms with Gasteiger partial charge in [0.25, 0.3) is 0 Å². The van der Waals surface area contributed by atoms with Crippen molar-refractivity contribution in [2.24, 2.45) is 5.92 Å². The van der Waals surface area contributed by atoms with Crippen LogP contribution in [0.5, 0.6) is 0 Å². The van der Waals surface area contributed by atoms with Crippen molar-refractivity contribution in [2.75, 3.05) is 18.5 Å². The molecule has 0 saturated heterocycles. The highest BCUT2D eigenvalue weighted by molar-refractivity contribution is 7.08. The number of rotatable bonds is 6. The summed E-state index contributed by atoms with van der Waals surface area (Å²) < 4.78 is 5.78. The molecule has 0 spiro atoms. The Morgan fingerprint density at radius 3 is 2.89 bits per heavy atom. The highest BCUT2D eigenvalue weighted by Gasteiger charge is 2.19. The van der Waals surface area contributed by atoms with Crippen LogP contribution < -0.4 is 5.32 Å². The van der Waals surface area contributed by atoms with E-state index in [0.717, 1.165) is 24.4 Å². The molecule has 102 valence electrons. The standard InChI is InChI=1S/C14H23NO2S/c1-11-2-4-14(5-3-11)17-9-13(16)8-15-12-6-7-18-10-12/h6-7,10-11,13-16H,2-5,8-9H2,1H3. The van der Waals surface area contributed by atoms with Crippen LogP contribution in [0.1, 0.15) is 32.6 Å². The smallest absolute Gasteiger partial charge is 0.0945 e. The second-order valence-electron chi connectivity index (χ2n) is 5.26. The summed E-state index contributed by atoms with van der Waals surface area (Å²) in [5.41, 5.74) is 1.07. The highest BCUT2D eigenvalue weighted by atomic mass is 32.1. The Morgan fingerprint density at radius 1 is 1.44 bits per heavy atom. The van der Waals surface area contributed by atoms with E-state index < -0.39 is 6.10 Å². The lowest BCUT2D eigenvalue weighted by Gasteiger charge is -2.27. The van der Waals surface area contributed by atoms with Gasteiger partial charge in [-0.1, -0.05) is 6.92 Å². The van der Waals surface area contributed by atoms with E-state index in [1.807, 2.05) is 16.8 Å². The number of hydrogen-bond acceptors (Lipinski definition) is 4. The summed E-state index contributed by atoms with van der Waals surface area (Å²) in [6.45, 7) is 3.30. The minimum absolute atomic E-state index is 0.358. The van der Waals surface area contributed by atoms with Crippen LogP contribution in [0.15, 0.2) is 16.8 Å². The normalized spacial score (nSPS) is 25.9. The number of anilines is 1. The number of aliphatic hydroxyl groups is 1. The fourth-order valence-electron chi connectivity index (χ4n) is 2.30. The molecule has 0 aromatic carbocycles. The van der Waals surface area contributed by atoms with Crippen LogP contribution in [0.3, 0.4) is 0 Å². The lowest BCUT2D eigenvalue weighted by Crippen LogP contribution is -2.29. The third-order valence-corrected chi connectivity index (χ3v) is 4.23. The Morgan fingerprint density at radius 2 is 2.22 bits per heavy atom. The third-order valence-electron chi connectivity index (χ3n) is 3.55. The zero-order chi connectivity index (χ0) is 12.8. The first-order chi connectivity index (χ1) is 8.74. The Labute approximate surface area is 113 Å². The van der Waals surface area contributed by atoms with Gasteiger partial charge in [-0.05, 0) is 43.0 Å². The van der Waals surface area contributed by atoms with Gasteiger partial charge in [0.1, 0.15) is 0 Å². The fraction of sp³-hybridized carbons (Fsp3) is 0.714. The molecule has 2 rings (SSSR count). The molecule has 0 bridgehead atoms. The van der Waals surface area contributed by atoms with Crippen molar-refractivity contribution in [3.63, 3.8) is 0 Å². The quantitative estimate of drug-likeness (QED) is 0.833. The number of ether oxygens (including phenoxy) is 1. The average Bonchev–Trinajstić information content (AvgIpc) is 2.89. The van der Waals surface area contributed by atoms with Crippen LogP contribution in [0.4, 0.5) is 5.69 Å². The molecule has 3 nitrogen and oxygen atoms in total. The Hall–Kier alpha value is -0.580. The summed E-state index contributed by atoms with van der Waals surface area (Å²) in [5.74, 6) is 0.843. The molecule has 18 heavy (non-hydrogen) atoms. The molecule has 1 heterocycles. The predicted octanol–water partition coefficient (Wildman–Crippen LogP) is 3.12. The van der Waals surface area contributed by atoms with Gasteiger partial charge in [0, 0.05) is 17.6 Å². The van der Waals surface area contributed by atoms with Gasteiger partial charge in [-0.3, -0.25) is 0 Å². The second-order valence-corrected chi connectivity index (χ2v) is 6.04. The lowest BCUT2D eigenvalue weighted by atomic mass is 9.89. The van der Waals surface area contributed by atoms with Crippen LogP contribution >= 0.6 is 11.3 Å². The van der Waals surface area contributed by atoms with Crippen molar-refractivity contribution in [3.8, 4) is 0 Å². The summed E-state index contributed by atoms with van der Waals surface area (Å²) in [5, 5.41) is 17.1. The molecule has 4 heteroatoms. The van der Waals surface area contributed by atoms with Crippen molar-refractivity contribution in [1.29, 1.82) is 0 Å². The number of thiophene rings is 1. The van der Waals surface area contributed by atoms with E-state index in [9.17, 15) is 5.11 Å². The molecular weight excluding hydrogens is 246 g/mol. The van der Waals surface area contributed by atoms with Crippen LogP contribution in [-0.2, 0) is 4.74 Å². The summed E-state index contributed by atoms with van der Waals surface area (Å²) in [4.78, 5) is 0. The van der Waals surface area contributed by atoms with Gasteiger partial charge < -0.3 is 15.2 Å². The van der Waals surface area contributed by atoms with Crippen molar-refractivity contribution in [2.45, 2.75) is 44.8 Å². The topological polar surface area (TPSA) is 41.5 Å². The Balaban J connectivity index is 1.58. The maximum absolute atomic E-state index is 9.85. The van der Waals surface area contributed by atoms with Crippen molar-refractivity contribution < 1.29 is 9.84 Å². The van der Waals surface area contributed by atoms with E-state index in [4.69, 9.17) is 4.74 Å². The Kier molecular flexibility index (Phi) is 5.47. The number of hydrogen-bond donors (Lipinski definition) is 2. The maximum Gasteiger partial charge on any atom is 0.0945 e. The van der Waals surface area contributed by atoms with Crippen LogP contribution in [0, 0.1) is 5.92 Å². The van der Waals surface area contributed by atoms with E-state index in [0.29, 0.717) is 19.3 Å². The molecule has 1 aromatic heterocycles. The molecule has 0 aliphatic heterocycles. The van der Waals surface area contributed by atoms with E-state index in [-0.39, 0.29) is 0 Å².